The SMILES string of the molecule is Cc1cc2c(cc(N(C=O)[C@H](CO)c3ccc(S(=O)(=O)CC(=O)O)cc3)n2C)c(Cl)c1F. The van der Waals surface area contributed by atoms with Gasteiger partial charge in [0.15, 0.2) is 15.6 Å². The molecule has 32 heavy (non-hydrogen) atoms. The molecule has 0 aliphatic carbocycles. The summed E-state index contributed by atoms with van der Waals surface area (Å²) in [5, 5.41) is 19.1. The zero-order chi connectivity index (χ0) is 23.8. The van der Waals surface area contributed by atoms with Crippen LogP contribution in [0, 0.1) is 12.7 Å². The van der Waals surface area contributed by atoms with Crippen LogP contribution in [0.25, 0.3) is 10.9 Å². The van der Waals surface area contributed by atoms with Gasteiger partial charge in [0.2, 0.25) is 6.41 Å². The summed E-state index contributed by atoms with van der Waals surface area (Å²) in [6.07, 6.45) is 0.501. The number of carbonyl (C=O) groups excluding carboxylic acids is 1. The van der Waals surface area contributed by atoms with E-state index in [0.29, 0.717) is 34.3 Å². The fourth-order valence-electron chi connectivity index (χ4n) is 3.55. The highest BCUT2D eigenvalue weighted by molar-refractivity contribution is 7.92. The van der Waals surface area contributed by atoms with Gasteiger partial charge in [-0.15, -0.1) is 0 Å². The highest BCUT2D eigenvalue weighted by atomic mass is 35.5. The molecule has 1 atom stereocenters. The highest BCUT2D eigenvalue weighted by Gasteiger charge is 2.26. The van der Waals surface area contributed by atoms with Gasteiger partial charge in [0, 0.05) is 12.4 Å². The summed E-state index contributed by atoms with van der Waals surface area (Å²) in [7, 11) is -2.36. The number of hydrogen-bond donors (Lipinski definition) is 2. The first kappa shape index (κ1) is 23.7. The number of carboxylic acids is 1. The monoisotopic (exact) mass is 482 g/mol. The Balaban J connectivity index is 2.05. The second-order valence-electron chi connectivity index (χ2n) is 7.25. The minimum Gasteiger partial charge on any atom is -0.480 e. The van der Waals surface area contributed by atoms with Crippen molar-refractivity contribution in [3.05, 3.63) is 58.4 Å². The van der Waals surface area contributed by atoms with Crippen LogP contribution < -0.4 is 4.90 Å². The van der Waals surface area contributed by atoms with Crippen molar-refractivity contribution in [2.45, 2.75) is 17.9 Å². The molecule has 0 unspecified atom stereocenters. The predicted octanol–water partition coefficient (Wildman–Crippen LogP) is 2.83. The Hall–Kier alpha value is -2.95. The lowest BCUT2D eigenvalue weighted by Crippen LogP contribution is -2.31. The van der Waals surface area contributed by atoms with Crippen molar-refractivity contribution in [1.82, 2.24) is 4.57 Å². The quantitative estimate of drug-likeness (QED) is 0.477. The number of anilines is 1. The molecular weight excluding hydrogens is 463 g/mol. The normalized spacial score (nSPS) is 12.7. The molecule has 170 valence electrons. The maximum absolute atomic E-state index is 14.2. The van der Waals surface area contributed by atoms with Crippen LogP contribution in [0.1, 0.15) is 17.2 Å². The third-order valence-corrected chi connectivity index (χ3v) is 7.19. The Morgan fingerprint density at radius 1 is 1.28 bits per heavy atom. The van der Waals surface area contributed by atoms with Gasteiger partial charge < -0.3 is 14.8 Å². The zero-order valence-electron chi connectivity index (χ0n) is 17.1. The number of aryl methyl sites for hydroxylation is 2. The fourth-order valence-corrected chi connectivity index (χ4v) is 4.89. The Kier molecular flexibility index (Phi) is 6.59. The third kappa shape index (κ3) is 4.21. The smallest absolute Gasteiger partial charge is 0.319 e. The van der Waals surface area contributed by atoms with Gasteiger partial charge in [0.05, 0.1) is 28.1 Å². The Morgan fingerprint density at radius 2 is 1.91 bits per heavy atom. The molecule has 2 aromatic carbocycles. The molecule has 0 fully saturated rings. The molecule has 1 heterocycles. The Bertz CT molecular complexity index is 1300. The maximum atomic E-state index is 14.2. The fraction of sp³-hybridized carbons (Fsp3) is 0.238. The van der Waals surface area contributed by atoms with Crippen LogP contribution >= 0.6 is 11.6 Å². The van der Waals surface area contributed by atoms with Crippen LogP contribution in [0.4, 0.5) is 10.2 Å². The third-order valence-electron chi connectivity index (χ3n) is 5.21. The molecule has 0 bridgehead atoms. The number of carbonyl (C=O) groups is 2. The van der Waals surface area contributed by atoms with Crippen molar-refractivity contribution in [3.8, 4) is 0 Å². The van der Waals surface area contributed by atoms with Gasteiger partial charge in [-0.05, 0) is 42.3 Å². The maximum Gasteiger partial charge on any atom is 0.319 e. The number of rotatable bonds is 8. The number of benzene rings is 2. The summed E-state index contributed by atoms with van der Waals surface area (Å²) in [5.41, 5.74) is 1.33. The second kappa shape index (κ2) is 8.89. The first-order valence-corrected chi connectivity index (χ1v) is 11.4. The molecule has 8 nitrogen and oxygen atoms in total. The van der Waals surface area contributed by atoms with Crippen molar-refractivity contribution < 1.29 is 32.6 Å². The van der Waals surface area contributed by atoms with Gasteiger partial charge in [-0.25, -0.2) is 12.8 Å². The molecule has 3 aromatic rings. The number of fused-ring (bicyclic) bond motifs is 1. The molecule has 1 aromatic heterocycles. The number of hydrogen-bond acceptors (Lipinski definition) is 5. The van der Waals surface area contributed by atoms with Gasteiger partial charge in [0.1, 0.15) is 11.6 Å². The van der Waals surface area contributed by atoms with Gasteiger partial charge >= 0.3 is 5.97 Å². The molecule has 11 heteroatoms. The number of aliphatic hydroxyl groups excluding tert-OH is 1. The van der Waals surface area contributed by atoms with Crippen LogP contribution in [-0.4, -0.2) is 47.9 Å². The van der Waals surface area contributed by atoms with Gasteiger partial charge in [-0.3, -0.25) is 14.5 Å². The lowest BCUT2D eigenvalue weighted by molar-refractivity contribution is -0.134. The number of aromatic nitrogens is 1. The van der Waals surface area contributed by atoms with E-state index >= 15 is 0 Å². The molecular formula is C21H20ClFN2O6S. The summed E-state index contributed by atoms with van der Waals surface area (Å²) in [6, 6.07) is 7.46. The molecule has 0 spiro atoms. The topological polar surface area (TPSA) is 117 Å². The highest BCUT2D eigenvalue weighted by Crippen LogP contribution is 2.36. The van der Waals surface area contributed by atoms with E-state index in [1.807, 2.05) is 0 Å². The van der Waals surface area contributed by atoms with Gasteiger partial charge in [-0.2, -0.15) is 0 Å². The molecule has 0 saturated heterocycles. The number of halogens is 2. The first-order chi connectivity index (χ1) is 15.0. The summed E-state index contributed by atoms with van der Waals surface area (Å²) in [5.74, 6) is -2.76. The van der Waals surface area contributed by atoms with E-state index in [1.165, 1.54) is 35.2 Å². The molecule has 0 radical (unpaired) electrons. The van der Waals surface area contributed by atoms with E-state index < -0.39 is 40.0 Å². The standard InChI is InChI=1S/C21H20ClFN2O6S/c1-12-7-16-15(20(22)21(12)23)8-18(24(16)2)25(11-27)17(9-26)13-3-5-14(6-4-13)32(30,31)10-19(28)29/h3-8,11,17,26H,9-10H2,1-2H3,(H,28,29)/t17-/m1/s1. The lowest BCUT2D eigenvalue weighted by Gasteiger charge is -2.27. The number of amides is 1. The number of nitrogens with zero attached hydrogens (tertiary/aromatic N) is 2. The van der Waals surface area contributed by atoms with Crippen LogP contribution in [0.15, 0.2) is 41.3 Å². The Morgan fingerprint density at radius 3 is 2.44 bits per heavy atom. The summed E-state index contributed by atoms with van der Waals surface area (Å²) in [4.78, 5) is 23.8. The zero-order valence-corrected chi connectivity index (χ0v) is 18.7. The van der Waals surface area contributed by atoms with E-state index in [1.54, 1.807) is 24.6 Å². The molecule has 2 N–H and O–H groups in total. The average Bonchev–Trinajstić information content (AvgIpc) is 3.05. The second-order valence-corrected chi connectivity index (χ2v) is 9.62. The van der Waals surface area contributed by atoms with Crippen LogP contribution in [0.5, 0.6) is 0 Å². The molecule has 3 rings (SSSR count). The summed E-state index contributed by atoms with van der Waals surface area (Å²) in [6.45, 7) is 1.07. The van der Waals surface area contributed by atoms with Crippen molar-refractivity contribution in [2.24, 2.45) is 7.05 Å². The van der Waals surface area contributed by atoms with Crippen molar-refractivity contribution in [2.75, 3.05) is 17.3 Å². The molecule has 0 saturated carbocycles. The van der Waals surface area contributed by atoms with Crippen LogP contribution in [0.2, 0.25) is 5.02 Å². The number of aliphatic hydroxyl groups is 1. The average molecular weight is 483 g/mol. The first-order valence-electron chi connectivity index (χ1n) is 9.34. The summed E-state index contributed by atoms with van der Waals surface area (Å²) >= 11 is 6.15. The van der Waals surface area contributed by atoms with E-state index in [4.69, 9.17) is 16.7 Å². The summed E-state index contributed by atoms with van der Waals surface area (Å²) < 4.78 is 40.1. The van der Waals surface area contributed by atoms with E-state index in [-0.39, 0.29) is 9.92 Å². The van der Waals surface area contributed by atoms with Crippen LogP contribution in [-0.2, 0) is 26.5 Å². The number of carboxylic acid groups (broad SMARTS) is 1. The van der Waals surface area contributed by atoms with E-state index in [2.05, 4.69) is 0 Å². The molecule has 0 aliphatic heterocycles. The number of aliphatic carboxylic acids is 1. The molecule has 1 amide bonds. The van der Waals surface area contributed by atoms with Crippen LogP contribution in [0.3, 0.4) is 0 Å². The van der Waals surface area contributed by atoms with Gasteiger partial charge in [0.25, 0.3) is 0 Å². The number of sulfone groups is 1. The largest absolute Gasteiger partial charge is 0.480 e. The lowest BCUT2D eigenvalue weighted by atomic mass is 10.1. The van der Waals surface area contributed by atoms with Gasteiger partial charge in [-0.1, -0.05) is 23.7 Å². The Labute approximate surface area is 188 Å². The van der Waals surface area contributed by atoms with Crippen molar-refractivity contribution in [3.63, 3.8) is 0 Å². The van der Waals surface area contributed by atoms with E-state index in [9.17, 15) is 27.5 Å². The van der Waals surface area contributed by atoms with Crippen molar-refractivity contribution in [1.29, 1.82) is 0 Å². The predicted molar refractivity (Wildman–Crippen MR) is 117 cm³/mol. The van der Waals surface area contributed by atoms with E-state index in [0.717, 1.165) is 0 Å². The minimum atomic E-state index is -4.02. The minimum absolute atomic E-state index is 0.0822. The van der Waals surface area contributed by atoms with Crippen molar-refractivity contribution >= 4 is 50.5 Å². The molecule has 0 aliphatic rings.